The van der Waals surface area contributed by atoms with Gasteiger partial charge in [0.15, 0.2) is 11.7 Å². The highest BCUT2D eigenvalue weighted by atomic mass is 35.5. The van der Waals surface area contributed by atoms with Crippen LogP contribution in [0.15, 0.2) is 97.7 Å². The van der Waals surface area contributed by atoms with Gasteiger partial charge in [-0.2, -0.15) is 0 Å². The van der Waals surface area contributed by atoms with E-state index in [1.54, 1.807) is 93.0 Å². The number of thioether (sulfide) groups is 1. The molecule has 41 nitrogen and oxygen atoms in total. The Morgan fingerprint density at radius 2 is 1.13 bits per heavy atom. The highest BCUT2D eigenvalue weighted by Crippen LogP contribution is 2.28. The third kappa shape index (κ3) is 31.1. The Morgan fingerprint density at radius 1 is 0.575 bits per heavy atom. The van der Waals surface area contributed by atoms with Gasteiger partial charge >= 0.3 is 0 Å². The zero-order chi connectivity index (χ0) is 97.4. The molecule has 8 rings (SSSR count). The summed E-state index contributed by atoms with van der Waals surface area (Å²) in [5.41, 5.74) is 20.0. The molecule has 3 aromatic heterocycles. The van der Waals surface area contributed by atoms with Crippen LogP contribution in [0.1, 0.15) is 148 Å². The molecule has 134 heavy (non-hydrogen) atoms. The maximum Gasteiger partial charge on any atom is 0.246 e. The molecule has 0 radical (unpaired) electrons. The number of Topliss-reactive ketones (excluding diaryl/α,β-unsaturated/α-hetero) is 1. The van der Waals surface area contributed by atoms with Crippen LogP contribution in [0.4, 0.5) is 0 Å². The highest BCUT2D eigenvalue weighted by Gasteiger charge is 2.44. The van der Waals surface area contributed by atoms with Gasteiger partial charge < -0.3 is 115 Å². The lowest BCUT2D eigenvalue weighted by molar-refractivity contribution is -0.149. The Hall–Kier alpha value is -13.0. The number of halogens is 1. The van der Waals surface area contributed by atoms with Crippen LogP contribution in [0.2, 0.25) is 5.02 Å². The van der Waals surface area contributed by atoms with Crippen molar-refractivity contribution in [2.24, 2.45) is 29.0 Å². The van der Waals surface area contributed by atoms with Crippen molar-refractivity contribution in [1.82, 2.24) is 97.6 Å². The smallest absolute Gasteiger partial charge is 0.246 e. The van der Waals surface area contributed by atoms with Gasteiger partial charge in [0.1, 0.15) is 72.5 Å². The predicted molar refractivity (Wildman–Crippen MR) is 503 cm³/mol. The molecule has 2 saturated heterocycles. The fraction of sp³-hybridized carbons (Fsp3) is 0.527. The third-order valence-electron chi connectivity index (χ3n) is 23.5. The summed E-state index contributed by atoms with van der Waals surface area (Å²) in [4.78, 5) is 268. The second kappa shape index (κ2) is 52.5. The number of carbonyl (C=O) groups excluding carboxylic acids is 17. The Bertz CT molecular complexity index is 5130. The molecule has 730 valence electrons. The molecule has 2 aliphatic heterocycles. The van der Waals surface area contributed by atoms with E-state index in [0.717, 1.165) is 36.3 Å². The fourth-order valence-corrected chi connectivity index (χ4v) is 17.2. The lowest BCUT2D eigenvalue weighted by Crippen LogP contribution is -2.61. The number of likely N-dealkylation sites (N-methyl/N-ethyl adjacent to an activating group) is 4. The largest absolute Gasteiger partial charge is 0.394 e. The van der Waals surface area contributed by atoms with E-state index in [2.05, 4.69) is 73.1 Å². The molecule has 43 heteroatoms. The van der Waals surface area contributed by atoms with E-state index < -0.39 is 229 Å². The Kier molecular flexibility index (Phi) is 42.3. The van der Waals surface area contributed by atoms with Crippen molar-refractivity contribution in [2.75, 3.05) is 72.5 Å². The molecule has 0 bridgehead atoms. The first kappa shape index (κ1) is 108. The lowest BCUT2D eigenvalue weighted by atomic mass is 9.92. The summed E-state index contributed by atoms with van der Waals surface area (Å²) >= 11 is 7.42. The minimum absolute atomic E-state index is 0. The van der Waals surface area contributed by atoms with Crippen LogP contribution in [-0.4, -0.2) is 301 Å². The summed E-state index contributed by atoms with van der Waals surface area (Å²) in [6, 6.07) is 2.40. The first-order chi connectivity index (χ1) is 63.3. The topological polar surface area (TPSA) is 609 Å². The van der Waals surface area contributed by atoms with Crippen LogP contribution in [-0.2, 0) is 107 Å². The van der Waals surface area contributed by atoms with Crippen LogP contribution in [0.5, 0.6) is 0 Å². The number of hydrogen-bond acceptors (Lipinski definition) is 21. The van der Waals surface area contributed by atoms with Gasteiger partial charge in [0.25, 0.3) is 0 Å². The summed E-state index contributed by atoms with van der Waals surface area (Å²) < 4.78 is 0. The van der Waals surface area contributed by atoms with Gasteiger partial charge in [0, 0.05) is 130 Å². The SMILES string of the molecule is C.CCCC[C@H]1C(=O)N(C)[C@@H](CCCC)C(=O)N[C@@H](CCCNC(=N)N)C(=O)N[C@H](C(=O)NCC(N)=O)CSCC(=O)N[C@@H](Cc2ccccc2Cl)C(=O)N(C)[C@@H](C)C(=O)N[C@@H](CC(N)=O)C(=O)N2CCC[C@H]2C(=O)N[C@@H](Cc2cnc[nH]2)C(=O)N[C@@H](CC(C)C)C(=O)N(C)CC(=O)C[C@@H](Cc2c[nH]c3ccccc23)C(=O)N[C@@H](CO)C(=O)N[C@@H](Cc2c[nH]c3ccccc23)C(=O)N1C. The van der Waals surface area contributed by atoms with E-state index in [9.17, 15) is 62.6 Å². The zero-order valence-corrected chi connectivity index (χ0v) is 78.0. The molecule has 6 aromatic rings. The number of aliphatic hydroxyl groups is 1. The minimum Gasteiger partial charge on any atom is -0.394 e. The van der Waals surface area contributed by atoms with Crippen molar-refractivity contribution in [3.05, 3.63) is 125 Å². The number of aliphatic hydroxyl groups excluding tert-OH is 1. The molecule has 0 aliphatic carbocycles. The van der Waals surface area contributed by atoms with Gasteiger partial charge in [-0.1, -0.05) is 127 Å². The summed E-state index contributed by atoms with van der Waals surface area (Å²) in [6.45, 7) is 6.04. The average molecular weight is 1900 g/mol. The van der Waals surface area contributed by atoms with Crippen LogP contribution in [0.3, 0.4) is 0 Å². The van der Waals surface area contributed by atoms with Crippen LogP contribution < -0.4 is 70.4 Å². The molecule has 13 atom stereocenters. The minimum atomic E-state index is -1.81. The average Bonchev–Trinajstić information content (AvgIpc) is 1.61. The summed E-state index contributed by atoms with van der Waals surface area (Å²) in [6.07, 6.45) is 5.46. The third-order valence-corrected chi connectivity index (χ3v) is 24.9. The van der Waals surface area contributed by atoms with Crippen LogP contribution in [0, 0.1) is 17.2 Å². The number of guanidine groups is 1. The summed E-state index contributed by atoms with van der Waals surface area (Å²) in [5, 5.41) is 47.0. The molecule has 21 N–H and O–H groups in total. The fourth-order valence-electron chi connectivity index (χ4n) is 16.1. The quantitative estimate of drug-likeness (QED) is 0.0196. The normalized spacial score (nSPS) is 23.3. The number of nitrogens with one attached hydrogen (secondary N) is 14. The number of benzene rings is 3. The number of aromatic nitrogens is 4. The zero-order valence-electron chi connectivity index (χ0n) is 76.4. The van der Waals surface area contributed by atoms with E-state index in [4.69, 9.17) is 34.2 Å². The van der Waals surface area contributed by atoms with E-state index in [0.29, 0.717) is 69.9 Å². The van der Waals surface area contributed by atoms with Gasteiger partial charge in [0.2, 0.25) is 94.5 Å². The number of carbonyl (C=O) groups is 17. The van der Waals surface area contributed by atoms with Crippen molar-refractivity contribution in [1.29, 1.82) is 5.41 Å². The number of aromatic amines is 3. The Balaban J connectivity index is 0.0000245. The van der Waals surface area contributed by atoms with Crippen molar-refractivity contribution in [3.63, 3.8) is 0 Å². The molecule has 5 heterocycles. The van der Waals surface area contributed by atoms with Crippen LogP contribution in [0.25, 0.3) is 21.8 Å². The van der Waals surface area contributed by atoms with Gasteiger partial charge in [0.05, 0.1) is 38.2 Å². The number of imidazole rings is 1. The van der Waals surface area contributed by atoms with Gasteiger partial charge in [-0.15, -0.1) is 11.8 Å². The van der Waals surface area contributed by atoms with E-state index in [1.165, 1.54) is 53.7 Å². The molecule has 0 unspecified atom stereocenters. The first-order valence-electron chi connectivity index (χ1n) is 44.5. The number of hydrogen-bond donors (Lipinski definition) is 18. The van der Waals surface area contributed by atoms with E-state index in [1.807, 2.05) is 13.8 Å². The molecule has 3 aromatic carbocycles. The Labute approximate surface area is 787 Å². The van der Waals surface area contributed by atoms with E-state index in [-0.39, 0.29) is 102 Å². The number of unbranched alkanes of at least 4 members (excludes halogenated alkanes) is 2. The number of rotatable bonds is 26. The first-order valence-corrected chi connectivity index (χ1v) is 46.1. The molecule has 2 fully saturated rings. The number of fused-ring (bicyclic) bond motifs is 3. The number of para-hydroxylation sites is 2. The second-order valence-corrected chi connectivity index (χ2v) is 35.5. The van der Waals surface area contributed by atoms with Gasteiger partial charge in [-0.25, -0.2) is 4.98 Å². The lowest BCUT2D eigenvalue weighted by Gasteiger charge is -2.36. The summed E-state index contributed by atoms with van der Waals surface area (Å²) in [5.74, 6) is -18.2. The maximum absolute atomic E-state index is 15.7. The second-order valence-electron chi connectivity index (χ2n) is 34.1. The number of amides is 16. The number of nitrogens with zero attached hydrogens (tertiary/aromatic N) is 6. The number of nitrogens with two attached hydrogens (primary N) is 3. The number of ketones is 1. The number of primary amides is 2. The van der Waals surface area contributed by atoms with E-state index >= 15 is 24.0 Å². The molecular weight excluding hydrogens is 1770 g/mol. The van der Waals surface area contributed by atoms with Gasteiger partial charge in [-0.3, -0.25) is 86.9 Å². The molecule has 0 spiro atoms. The summed E-state index contributed by atoms with van der Waals surface area (Å²) in [7, 11) is 5.27. The van der Waals surface area contributed by atoms with Crippen molar-refractivity contribution >= 4 is 151 Å². The standard InChI is InChI=1S/C90H126ClN23O18S.CH4/c1-10-12-29-71-83(126)103-63(28-20-32-97-90(94)95)80(123)109-70(79(122)100-44-75(93)118)47-133-48-76(119)102-66(37-52-22-14-17-25-60(52)91)86(129)111(7)51(5)77(120)105-68(40-74(92)117)88(131)114-33-21-31-72(114)84(127)104-64(39-56-43-96-49-101-56)81(124)106-65(34-50(3)4)85(128)110(6)45-57(116)36-53(35-54-41-98-61-26-18-15-23-58(54)61)78(121)108-69(46-115)82(125)107-67(38-55-42-99-62-27-19-16-24-59(55)62)87(130)113(9)73(30-13-11-2)89(132)112(71)8;/h14-19,22-27,41-43,49-51,53,63-73,98-99,115H,10-13,20-21,28-40,44-48H2,1-9H3,(H2,92,117)(H2,93,118)(H,96,101)(H,100,122)(H,102,119)(H,103,126)(H,104,127)(H,105,120)(H,106,124)(H,107,125)(H,108,121)(H,109,123)(H4,94,95,97);1H4/t51-,53+,63-,64-,65-,66-,67-,68-,69-,70-,71-,72-,73-;/m0./s1. The highest BCUT2D eigenvalue weighted by molar-refractivity contribution is 8.00. The molecule has 2 aliphatic rings. The molecular formula is C91H130ClN23O18S. The monoisotopic (exact) mass is 1900 g/mol. The molecule has 16 amide bonds. The van der Waals surface area contributed by atoms with Crippen molar-refractivity contribution < 1.29 is 86.6 Å². The van der Waals surface area contributed by atoms with Crippen molar-refractivity contribution in [3.8, 4) is 0 Å². The maximum atomic E-state index is 15.7. The Morgan fingerprint density at radius 3 is 1.75 bits per heavy atom. The van der Waals surface area contributed by atoms with Crippen molar-refractivity contribution in [2.45, 2.75) is 224 Å². The number of H-pyrrole nitrogens is 3. The molecule has 0 saturated carbocycles. The predicted octanol–water partition coefficient (Wildman–Crippen LogP) is 0.242. The van der Waals surface area contributed by atoms with Crippen LogP contribution >= 0.6 is 23.4 Å². The van der Waals surface area contributed by atoms with Gasteiger partial charge in [-0.05, 0) is 99.1 Å².